The number of unbranched alkanes of at least 4 members (excludes halogenated alkanes) is 15. The highest BCUT2D eigenvalue weighted by Gasteiger charge is 2.54. The molecule has 11 atom stereocenters. The Kier molecular flexibility index (Phi) is 36.8. The normalized spacial score (nSPS) is 22.5. The average molecular weight is 1070 g/mol. The molecule has 0 amide bonds. The zero-order valence-electron chi connectivity index (χ0n) is 41.6. The quantitative estimate of drug-likeness (QED) is 0.0101. The minimum Gasteiger partial charge on any atom is -0.481 e. The van der Waals surface area contributed by atoms with Gasteiger partial charge in [-0.2, -0.15) is 0 Å². The number of rotatable bonds is 42. The van der Waals surface area contributed by atoms with Crippen molar-refractivity contribution in [2.24, 2.45) is 5.73 Å². The monoisotopic (exact) mass is 1070 g/mol. The van der Waals surface area contributed by atoms with Crippen LogP contribution in [0.1, 0.15) is 155 Å². The van der Waals surface area contributed by atoms with Gasteiger partial charge in [-0.3, -0.25) is 28.0 Å². The SMILES string of the molecule is CCCCC/C=C\C\C=C/C=C/C=C/[C@@H](SC[C@H](N)C(=O)O[C@H](COC(=O)CCCCCCCCCCCCCCC)COP(=O)(O)O[C@H]1[C@H](O)[C@@H](O)[C@H](O)[C@@H](O)[C@H]1OP(=O)(O)O)[C@@H](O)CCCC(=O)O. The summed E-state index contributed by atoms with van der Waals surface area (Å²) in [7, 11) is -11.0. The van der Waals surface area contributed by atoms with Crippen molar-refractivity contribution in [3.8, 4) is 0 Å². The number of aliphatic hydroxyl groups excluding tert-OH is 5. The number of hydrogen-bond donors (Lipinski definition) is 10. The van der Waals surface area contributed by atoms with Gasteiger partial charge in [0.15, 0.2) is 6.10 Å². The van der Waals surface area contributed by atoms with Crippen molar-refractivity contribution in [1.29, 1.82) is 0 Å². The summed E-state index contributed by atoms with van der Waals surface area (Å²) in [5, 5.41) is 60.6. The number of nitrogens with two attached hydrogens (primary N) is 1. The lowest BCUT2D eigenvalue weighted by Crippen LogP contribution is -2.64. The molecule has 0 aliphatic heterocycles. The number of esters is 2. The molecule has 20 nitrogen and oxygen atoms in total. The third kappa shape index (κ3) is 32.6. The summed E-state index contributed by atoms with van der Waals surface area (Å²) < 4.78 is 49.9. The predicted octanol–water partition coefficient (Wildman–Crippen LogP) is 6.60. The predicted molar refractivity (Wildman–Crippen MR) is 270 cm³/mol. The maximum Gasteiger partial charge on any atom is 0.472 e. The number of phosphoric acid groups is 2. The zero-order chi connectivity index (χ0) is 53.1. The number of allylic oxidation sites excluding steroid dienone is 7. The first-order valence-electron chi connectivity index (χ1n) is 25.1. The number of carboxylic acids is 1. The molecule has 0 aromatic heterocycles. The third-order valence-electron chi connectivity index (χ3n) is 11.4. The van der Waals surface area contributed by atoms with E-state index in [-0.39, 0.29) is 31.4 Å². The molecule has 71 heavy (non-hydrogen) atoms. The van der Waals surface area contributed by atoms with E-state index in [0.29, 0.717) is 6.42 Å². The minimum atomic E-state index is -5.52. The molecule has 0 aromatic rings. The second-order valence-corrected chi connectivity index (χ2v) is 21.6. The van der Waals surface area contributed by atoms with Gasteiger partial charge in [0.25, 0.3) is 0 Å². The molecule has 1 aliphatic rings. The largest absolute Gasteiger partial charge is 0.481 e. The molecule has 0 saturated heterocycles. The number of thioether (sulfide) groups is 1. The molecule has 1 aliphatic carbocycles. The molecule has 0 radical (unpaired) electrons. The van der Waals surface area contributed by atoms with E-state index in [9.17, 15) is 63.7 Å². The first-order valence-corrected chi connectivity index (χ1v) is 29.2. The van der Waals surface area contributed by atoms with Gasteiger partial charge in [-0.05, 0) is 38.5 Å². The molecule has 11 N–H and O–H groups in total. The first kappa shape index (κ1) is 66.7. The van der Waals surface area contributed by atoms with Crippen molar-refractivity contribution in [3.63, 3.8) is 0 Å². The van der Waals surface area contributed by atoms with Gasteiger partial charge in [0.1, 0.15) is 49.3 Å². The van der Waals surface area contributed by atoms with Gasteiger partial charge in [-0.25, -0.2) is 9.13 Å². The van der Waals surface area contributed by atoms with Gasteiger partial charge in [-0.1, -0.05) is 152 Å². The van der Waals surface area contributed by atoms with Crippen molar-refractivity contribution in [2.75, 3.05) is 19.0 Å². The molecule has 0 bridgehead atoms. The van der Waals surface area contributed by atoms with E-state index >= 15 is 0 Å². The van der Waals surface area contributed by atoms with Crippen molar-refractivity contribution in [2.45, 2.75) is 215 Å². The Bertz CT molecular complexity index is 1680. The van der Waals surface area contributed by atoms with Crippen molar-refractivity contribution in [3.05, 3.63) is 48.6 Å². The van der Waals surface area contributed by atoms with Crippen molar-refractivity contribution < 1.29 is 91.9 Å². The standard InChI is InChI=1S/C48H85NO19P2S/c1-3-5-7-9-11-13-15-17-19-21-23-25-27-32-41(53)64-33-36(34-65-70(62,63)68-47-45(57)43(55)42(54)44(56)46(47)67-69(59,60)61)66-48(58)37(49)35-71-39(38(50)29-28-31-40(51)52)30-26-24-22-20-18-16-14-12-10-8-6-4-2/h12,14,18,20,22,24,26,30,36-39,42-47,50,54-57H,3-11,13,15-17,19,21,23,25,27-29,31-35,49H2,1-2H3,(H,51,52)(H,62,63)(H2,59,60,61)/b14-12-,20-18-,24-22+,30-26+/t36-,37+,38+,39-,42+,43+,44-,45-,46-,47+/m1/s1. The van der Waals surface area contributed by atoms with Crippen LogP contribution in [0.5, 0.6) is 0 Å². The van der Waals surface area contributed by atoms with E-state index in [4.69, 9.17) is 29.4 Å². The van der Waals surface area contributed by atoms with Crippen LogP contribution in [0.3, 0.4) is 0 Å². The highest BCUT2D eigenvalue weighted by atomic mass is 32.2. The Labute approximate surface area is 424 Å². The molecule has 0 heterocycles. The molecule has 1 fully saturated rings. The van der Waals surface area contributed by atoms with E-state index in [0.717, 1.165) is 69.5 Å². The number of phosphoric ester groups is 2. The van der Waals surface area contributed by atoms with Gasteiger partial charge < -0.3 is 60.5 Å². The Hall–Kier alpha value is -2.30. The fourth-order valence-corrected chi connectivity index (χ4v) is 9.98. The van der Waals surface area contributed by atoms with E-state index in [2.05, 4.69) is 30.5 Å². The van der Waals surface area contributed by atoms with Gasteiger partial charge in [0, 0.05) is 23.8 Å². The first-order chi connectivity index (χ1) is 33.7. The molecule has 0 spiro atoms. The van der Waals surface area contributed by atoms with E-state index in [1.54, 1.807) is 24.3 Å². The van der Waals surface area contributed by atoms with Gasteiger partial charge >= 0.3 is 33.6 Å². The number of carboxylic acid groups (broad SMARTS) is 1. The number of carbonyl (C=O) groups is 3. The maximum absolute atomic E-state index is 13.4. The number of ether oxygens (including phenoxy) is 2. The Balaban J connectivity index is 3.04. The van der Waals surface area contributed by atoms with E-state index in [1.807, 2.05) is 12.2 Å². The molecule has 1 unspecified atom stereocenters. The van der Waals surface area contributed by atoms with Crippen LogP contribution in [-0.4, -0.2) is 142 Å². The summed E-state index contributed by atoms with van der Waals surface area (Å²) in [5.41, 5.74) is 6.21. The second-order valence-electron chi connectivity index (χ2n) is 17.8. The van der Waals surface area contributed by atoms with Crippen LogP contribution in [0.15, 0.2) is 48.6 Å². The minimum absolute atomic E-state index is 0.0137. The van der Waals surface area contributed by atoms with Crippen LogP contribution in [0.25, 0.3) is 0 Å². The molecule has 412 valence electrons. The lowest BCUT2D eigenvalue weighted by molar-refractivity contribution is -0.216. The zero-order valence-corrected chi connectivity index (χ0v) is 44.2. The van der Waals surface area contributed by atoms with Crippen LogP contribution < -0.4 is 5.73 Å². The summed E-state index contributed by atoms with van der Waals surface area (Å²) >= 11 is 1.07. The van der Waals surface area contributed by atoms with Crippen molar-refractivity contribution in [1.82, 2.24) is 0 Å². The summed E-state index contributed by atoms with van der Waals surface area (Å²) in [6, 6.07) is -1.39. The summed E-state index contributed by atoms with van der Waals surface area (Å²) in [6.45, 7) is 2.62. The number of aliphatic carboxylic acids is 1. The topological polar surface area (TPSA) is 340 Å². The molecule has 23 heteroatoms. The number of hydrogen-bond acceptors (Lipinski definition) is 17. The average Bonchev–Trinajstić information content (AvgIpc) is 3.31. The number of carbonyl (C=O) groups excluding carboxylic acids is 2. The van der Waals surface area contributed by atoms with Crippen LogP contribution in [0.2, 0.25) is 0 Å². The molecule has 1 rings (SSSR count). The lowest BCUT2D eigenvalue weighted by Gasteiger charge is -2.43. The van der Waals surface area contributed by atoms with Crippen LogP contribution >= 0.6 is 27.4 Å². The second kappa shape index (κ2) is 39.2. The molecule has 1 saturated carbocycles. The highest BCUT2D eigenvalue weighted by Crippen LogP contribution is 2.50. The van der Waals surface area contributed by atoms with Crippen LogP contribution in [0, 0.1) is 0 Å². The fourth-order valence-electron chi connectivity index (χ4n) is 7.33. The smallest absolute Gasteiger partial charge is 0.472 e. The van der Waals surface area contributed by atoms with Crippen LogP contribution in [0.4, 0.5) is 0 Å². The Morgan fingerprint density at radius 1 is 0.662 bits per heavy atom. The lowest BCUT2D eigenvalue weighted by atomic mass is 9.85. The van der Waals surface area contributed by atoms with Crippen LogP contribution in [-0.2, 0) is 46.6 Å². The maximum atomic E-state index is 13.4. The van der Waals surface area contributed by atoms with Gasteiger partial charge in [0.05, 0.1) is 12.7 Å². The molecule has 0 aromatic carbocycles. The third-order valence-corrected chi connectivity index (χ3v) is 14.3. The van der Waals surface area contributed by atoms with Gasteiger partial charge in [0.2, 0.25) is 0 Å². The van der Waals surface area contributed by atoms with Gasteiger partial charge in [-0.15, -0.1) is 11.8 Å². The summed E-state index contributed by atoms with van der Waals surface area (Å²) in [6.07, 6.45) is 18.1. The molecular weight excluding hydrogens is 989 g/mol. The highest BCUT2D eigenvalue weighted by molar-refractivity contribution is 8.00. The van der Waals surface area contributed by atoms with Crippen molar-refractivity contribution >= 4 is 45.3 Å². The number of aliphatic hydroxyl groups is 5. The molecular formula is C48H85NO19P2S. The van der Waals surface area contributed by atoms with E-state index < -0.39 is 107 Å². The Morgan fingerprint density at radius 3 is 1.79 bits per heavy atom. The van der Waals surface area contributed by atoms with E-state index in [1.165, 1.54) is 51.4 Å². The summed E-state index contributed by atoms with van der Waals surface area (Å²) in [5.74, 6) is -2.93. The Morgan fingerprint density at radius 2 is 1.21 bits per heavy atom. The fraction of sp³-hybridized carbons (Fsp3) is 0.771. The summed E-state index contributed by atoms with van der Waals surface area (Å²) in [4.78, 5) is 66.6.